The highest BCUT2D eigenvalue weighted by Gasteiger charge is 2.16. The van der Waals surface area contributed by atoms with Gasteiger partial charge in [0.2, 0.25) is 0 Å². The lowest BCUT2D eigenvalue weighted by molar-refractivity contribution is -0.122. The fourth-order valence-electron chi connectivity index (χ4n) is 2.61. The second kappa shape index (κ2) is 6.75. The van der Waals surface area contributed by atoms with Crippen molar-refractivity contribution in [3.63, 3.8) is 0 Å². The van der Waals surface area contributed by atoms with E-state index in [-0.39, 0.29) is 5.91 Å². The van der Waals surface area contributed by atoms with E-state index in [1.54, 1.807) is 6.92 Å². The van der Waals surface area contributed by atoms with E-state index in [2.05, 4.69) is 12.2 Å². The minimum atomic E-state index is -0.578. The third kappa shape index (κ3) is 3.40. The average molecular weight is 319 g/mol. The summed E-state index contributed by atoms with van der Waals surface area (Å²) >= 11 is 0. The summed E-state index contributed by atoms with van der Waals surface area (Å²) in [5.74, 6) is 0.545. The fraction of sp³-hybridized carbons (Fsp3) is 0.190. The molecule has 24 heavy (non-hydrogen) atoms. The molecule has 1 unspecified atom stereocenters. The van der Waals surface area contributed by atoms with Crippen LogP contribution in [0.2, 0.25) is 0 Å². The molecule has 3 rings (SSSR count). The molecule has 0 saturated carbocycles. The monoisotopic (exact) mass is 319 g/mol. The molecule has 0 radical (unpaired) electrons. The summed E-state index contributed by atoms with van der Waals surface area (Å²) in [5, 5.41) is 5.08. The molecule has 0 aromatic heterocycles. The van der Waals surface area contributed by atoms with Crippen LogP contribution in [0.1, 0.15) is 18.1 Å². The Balaban J connectivity index is 1.75. The number of anilines is 1. The van der Waals surface area contributed by atoms with Gasteiger partial charge in [0.15, 0.2) is 6.10 Å². The summed E-state index contributed by atoms with van der Waals surface area (Å²) in [6, 6.07) is 19.7. The Morgan fingerprint density at radius 1 is 0.958 bits per heavy atom. The van der Waals surface area contributed by atoms with Gasteiger partial charge in [-0.05, 0) is 55.5 Å². The Hall–Kier alpha value is -2.81. The molecule has 1 atom stereocenters. The van der Waals surface area contributed by atoms with Crippen LogP contribution in [0.15, 0.2) is 60.7 Å². The van der Waals surface area contributed by atoms with Crippen LogP contribution in [0.5, 0.6) is 5.75 Å². The molecule has 0 bridgehead atoms. The Kier molecular flexibility index (Phi) is 4.52. The van der Waals surface area contributed by atoms with Gasteiger partial charge < -0.3 is 10.1 Å². The molecule has 1 amide bonds. The third-order valence-corrected chi connectivity index (χ3v) is 4.21. The minimum Gasteiger partial charge on any atom is -0.481 e. The number of benzene rings is 3. The molecular formula is C21H21NO2. The number of hydrogen-bond donors (Lipinski definition) is 1. The topological polar surface area (TPSA) is 38.3 Å². The van der Waals surface area contributed by atoms with E-state index >= 15 is 0 Å². The zero-order chi connectivity index (χ0) is 17.1. The summed E-state index contributed by atoms with van der Waals surface area (Å²) in [7, 11) is 0. The zero-order valence-electron chi connectivity index (χ0n) is 14.2. The van der Waals surface area contributed by atoms with E-state index in [1.165, 1.54) is 5.56 Å². The Morgan fingerprint density at radius 2 is 1.71 bits per heavy atom. The molecule has 122 valence electrons. The van der Waals surface area contributed by atoms with Crippen molar-refractivity contribution in [2.75, 3.05) is 5.32 Å². The second-order valence-electron chi connectivity index (χ2n) is 6.02. The maximum Gasteiger partial charge on any atom is 0.265 e. The van der Waals surface area contributed by atoms with Crippen LogP contribution in [0, 0.1) is 13.8 Å². The molecule has 3 heteroatoms. The molecule has 1 N–H and O–H groups in total. The van der Waals surface area contributed by atoms with Crippen LogP contribution in [0.3, 0.4) is 0 Å². The summed E-state index contributed by atoms with van der Waals surface area (Å²) < 4.78 is 5.78. The van der Waals surface area contributed by atoms with E-state index in [0.29, 0.717) is 5.75 Å². The predicted molar refractivity (Wildman–Crippen MR) is 98.6 cm³/mol. The first-order valence-electron chi connectivity index (χ1n) is 8.07. The normalized spacial score (nSPS) is 12.0. The molecule has 3 nitrogen and oxygen atoms in total. The molecule has 0 fully saturated rings. The Morgan fingerprint density at radius 3 is 2.50 bits per heavy atom. The summed E-state index contributed by atoms with van der Waals surface area (Å²) in [6.07, 6.45) is -0.578. The molecule has 3 aromatic rings. The smallest absolute Gasteiger partial charge is 0.265 e. The number of amides is 1. The number of rotatable bonds is 4. The van der Waals surface area contributed by atoms with E-state index in [9.17, 15) is 4.79 Å². The molecule has 0 heterocycles. The van der Waals surface area contributed by atoms with Crippen LogP contribution in [-0.4, -0.2) is 12.0 Å². The van der Waals surface area contributed by atoms with Gasteiger partial charge in [-0.2, -0.15) is 0 Å². The predicted octanol–water partition coefficient (Wildman–Crippen LogP) is 4.86. The minimum absolute atomic E-state index is 0.162. The molecule has 0 spiro atoms. The van der Waals surface area contributed by atoms with E-state index < -0.39 is 6.10 Å². The third-order valence-electron chi connectivity index (χ3n) is 4.21. The van der Waals surface area contributed by atoms with Crippen molar-refractivity contribution < 1.29 is 9.53 Å². The number of carbonyl (C=O) groups excluding carboxylic acids is 1. The fourth-order valence-corrected chi connectivity index (χ4v) is 2.61. The van der Waals surface area contributed by atoms with Crippen LogP contribution in [-0.2, 0) is 4.79 Å². The average Bonchev–Trinajstić information content (AvgIpc) is 2.58. The van der Waals surface area contributed by atoms with E-state index in [0.717, 1.165) is 22.0 Å². The molecule has 0 aliphatic carbocycles. The second-order valence-corrected chi connectivity index (χ2v) is 6.02. The van der Waals surface area contributed by atoms with Crippen LogP contribution >= 0.6 is 0 Å². The maximum absolute atomic E-state index is 12.5. The van der Waals surface area contributed by atoms with E-state index in [4.69, 9.17) is 4.74 Å². The van der Waals surface area contributed by atoms with Gasteiger partial charge >= 0.3 is 0 Å². The molecule has 0 saturated heterocycles. The van der Waals surface area contributed by atoms with Crippen LogP contribution < -0.4 is 10.1 Å². The largest absolute Gasteiger partial charge is 0.481 e. The standard InChI is InChI=1S/C21H21NO2/c1-14-11-12-18(13-15(14)2)24-16(3)21(23)22-20-10-6-8-17-7-4-5-9-19(17)20/h4-13,16H,1-3H3,(H,22,23). The Labute approximate surface area is 142 Å². The first-order valence-corrected chi connectivity index (χ1v) is 8.07. The van der Waals surface area contributed by atoms with E-state index in [1.807, 2.05) is 67.6 Å². The highest BCUT2D eigenvalue weighted by molar-refractivity contribution is 6.03. The number of fused-ring (bicyclic) bond motifs is 1. The quantitative estimate of drug-likeness (QED) is 0.745. The van der Waals surface area contributed by atoms with Gasteiger partial charge in [-0.3, -0.25) is 4.79 Å². The number of hydrogen-bond acceptors (Lipinski definition) is 2. The molecular weight excluding hydrogens is 298 g/mol. The highest BCUT2D eigenvalue weighted by atomic mass is 16.5. The Bertz CT molecular complexity index is 881. The van der Waals surface area contributed by atoms with Crippen molar-refractivity contribution in [2.45, 2.75) is 26.9 Å². The summed E-state index contributed by atoms with van der Waals surface area (Å²) in [6.45, 7) is 5.84. The molecule has 0 aliphatic rings. The van der Waals surface area contributed by atoms with Crippen molar-refractivity contribution in [3.05, 3.63) is 71.8 Å². The van der Waals surface area contributed by atoms with Crippen molar-refractivity contribution >= 4 is 22.4 Å². The maximum atomic E-state index is 12.5. The zero-order valence-corrected chi connectivity index (χ0v) is 14.2. The molecule has 0 aliphatic heterocycles. The van der Waals surface area contributed by atoms with Crippen LogP contribution in [0.4, 0.5) is 5.69 Å². The van der Waals surface area contributed by atoms with Gasteiger partial charge in [-0.15, -0.1) is 0 Å². The lowest BCUT2D eigenvalue weighted by atomic mass is 10.1. The van der Waals surface area contributed by atoms with Gasteiger partial charge in [0, 0.05) is 11.1 Å². The number of aryl methyl sites for hydroxylation is 2. The van der Waals surface area contributed by atoms with Crippen molar-refractivity contribution in [2.24, 2.45) is 0 Å². The number of carbonyl (C=O) groups is 1. The SMILES string of the molecule is Cc1ccc(OC(C)C(=O)Nc2cccc3ccccc23)cc1C. The summed E-state index contributed by atoms with van der Waals surface area (Å²) in [5.41, 5.74) is 3.15. The van der Waals surface area contributed by atoms with Gasteiger partial charge in [0.25, 0.3) is 5.91 Å². The highest BCUT2D eigenvalue weighted by Crippen LogP contribution is 2.23. The van der Waals surface area contributed by atoms with Gasteiger partial charge in [-0.1, -0.05) is 42.5 Å². The van der Waals surface area contributed by atoms with Gasteiger partial charge in [0.1, 0.15) is 5.75 Å². The lowest BCUT2D eigenvalue weighted by Gasteiger charge is -2.16. The summed E-state index contributed by atoms with van der Waals surface area (Å²) in [4.78, 5) is 12.5. The lowest BCUT2D eigenvalue weighted by Crippen LogP contribution is -2.30. The van der Waals surface area contributed by atoms with Gasteiger partial charge in [-0.25, -0.2) is 0 Å². The molecule has 3 aromatic carbocycles. The van der Waals surface area contributed by atoms with Crippen LogP contribution in [0.25, 0.3) is 10.8 Å². The van der Waals surface area contributed by atoms with Gasteiger partial charge in [0.05, 0.1) is 0 Å². The first kappa shape index (κ1) is 16.1. The van der Waals surface area contributed by atoms with Crippen molar-refractivity contribution in [3.8, 4) is 5.75 Å². The van der Waals surface area contributed by atoms with Crippen molar-refractivity contribution in [1.29, 1.82) is 0 Å². The van der Waals surface area contributed by atoms with Crippen molar-refractivity contribution in [1.82, 2.24) is 0 Å². The first-order chi connectivity index (χ1) is 11.5. The number of ether oxygens (including phenoxy) is 1. The number of nitrogens with one attached hydrogen (secondary N) is 1.